The van der Waals surface area contributed by atoms with Crippen molar-refractivity contribution in [1.29, 1.82) is 0 Å². The predicted molar refractivity (Wildman–Crippen MR) is 110 cm³/mol. The van der Waals surface area contributed by atoms with Crippen molar-refractivity contribution in [2.45, 2.75) is 38.5 Å². The molecule has 3 rings (SSSR count). The van der Waals surface area contributed by atoms with Gasteiger partial charge in [0.25, 0.3) is 5.91 Å². The van der Waals surface area contributed by atoms with Crippen LogP contribution >= 0.6 is 11.6 Å². The fourth-order valence-electron chi connectivity index (χ4n) is 2.98. The minimum Gasteiger partial charge on any atom is -0.372 e. The number of ether oxygens (including phenoxy) is 1. The minimum atomic E-state index is -0.222. The van der Waals surface area contributed by atoms with E-state index in [0.717, 1.165) is 22.6 Å². The first-order valence-corrected chi connectivity index (χ1v) is 9.70. The van der Waals surface area contributed by atoms with E-state index in [0.29, 0.717) is 18.7 Å². The van der Waals surface area contributed by atoms with Crippen molar-refractivity contribution in [3.05, 3.63) is 89.0 Å². The van der Waals surface area contributed by atoms with Gasteiger partial charge in [-0.1, -0.05) is 60.1 Å². The van der Waals surface area contributed by atoms with Crippen LogP contribution in [0, 0.1) is 0 Å². The standard InChI is InChI=1S/C22H24ClN3O2/c1-16(28-14-17-7-3-2-4-8-17)20(26-22(27)21-13-24-15-25-21)12-11-18-9-5-6-10-19(18)23/h2-10,13,15-16,20H,11-12,14H2,1H3,(H,24,25)(H,26,27)/t16-,20+/m0/s1. The molecular formula is C22H24ClN3O2. The van der Waals surface area contributed by atoms with Crippen LogP contribution in [-0.2, 0) is 17.8 Å². The van der Waals surface area contributed by atoms with Gasteiger partial charge in [0.2, 0.25) is 0 Å². The molecule has 2 aromatic carbocycles. The number of aromatic amines is 1. The molecule has 0 fully saturated rings. The van der Waals surface area contributed by atoms with Crippen LogP contribution in [0.25, 0.3) is 0 Å². The van der Waals surface area contributed by atoms with Gasteiger partial charge in [-0.05, 0) is 37.0 Å². The van der Waals surface area contributed by atoms with Crippen LogP contribution < -0.4 is 5.32 Å². The zero-order valence-corrected chi connectivity index (χ0v) is 16.5. The summed E-state index contributed by atoms with van der Waals surface area (Å²) in [6.45, 7) is 2.47. The number of imidazole rings is 1. The van der Waals surface area contributed by atoms with Crippen LogP contribution in [0.3, 0.4) is 0 Å². The lowest BCUT2D eigenvalue weighted by molar-refractivity contribution is 0.0242. The van der Waals surface area contributed by atoms with Gasteiger partial charge in [0, 0.05) is 11.2 Å². The van der Waals surface area contributed by atoms with Crippen LogP contribution in [0.2, 0.25) is 5.02 Å². The molecule has 1 amide bonds. The molecule has 0 radical (unpaired) electrons. The lowest BCUT2D eigenvalue weighted by Crippen LogP contribution is -2.43. The van der Waals surface area contributed by atoms with E-state index in [1.807, 2.05) is 61.5 Å². The smallest absolute Gasteiger partial charge is 0.271 e. The van der Waals surface area contributed by atoms with Gasteiger partial charge in [-0.25, -0.2) is 4.98 Å². The molecule has 0 saturated carbocycles. The third kappa shape index (κ3) is 5.68. The van der Waals surface area contributed by atoms with Gasteiger partial charge in [0.15, 0.2) is 0 Å². The van der Waals surface area contributed by atoms with Crippen molar-refractivity contribution in [3.63, 3.8) is 0 Å². The predicted octanol–water partition coefficient (Wildman–Crippen LogP) is 4.40. The lowest BCUT2D eigenvalue weighted by Gasteiger charge is -2.25. The lowest BCUT2D eigenvalue weighted by atomic mass is 10.0. The Labute approximate surface area is 170 Å². The molecule has 1 heterocycles. The fourth-order valence-corrected chi connectivity index (χ4v) is 3.21. The van der Waals surface area contributed by atoms with E-state index < -0.39 is 0 Å². The van der Waals surface area contributed by atoms with Gasteiger partial charge < -0.3 is 15.0 Å². The van der Waals surface area contributed by atoms with Gasteiger partial charge in [-0.2, -0.15) is 0 Å². The number of aryl methyl sites for hydroxylation is 1. The number of halogens is 1. The first-order chi connectivity index (χ1) is 13.6. The van der Waals surface area contributed by atoms with Crippen molar-refractivity contribution in [2.75, 3.05) is 0 Å². The van der Waals surface area contributed by atoms with E-state index in [1.54, 1.807) is 6.20 Å². The van der Waals surface area contributed by atoms with Gasteiger partial charge in [0.05, 0.1) is 25.1 Å². The van der Waals surface area contributed by atoms with Crippen LogP contribution in [0.4, 0.5) is 0 Å². The van der Waals surface area contributed by atoms with Crippen LogP contribution in [0.15, 0.2) is 67.1 Å². The van der Waals surface area contributed by atoms with Crippen molar-refractivity contribution >= 4 is 17.5 Å². The molecule has 0 spiro atoms. The molecule has 0 saturated heterocycles. The average molecular weight is 398 g/mol. The van der Waals surface area contributed by atoms with Gasteiger partial charge in [-0.3, -0.25) is 4.79 Å². The van der Waals surface area contributed by atoms with Gasteiger partial charge in [0.1, 0.15) is 5.69 Å². The Morgan fingerprint density at radius 1 is 1.18 bits per heavy atom. The summed E-state index contributed by atoms with van der Waals surface area (Å²) < 4.78 is 6.05. The molecule has 6 heteroatoms. The number of benzene rings is 2. The molecule has 28 heavy (non-hydrogen) atoms. The topological polar surface area (TPSA) is 67.0 Å². The number of hydrogen-bond donors (Lipinski definition) is 2. The van der Waals surface area contributed by atoms with E-state index >= 15 is 0 Å². The van der Waals surface area contributed by atoms with E-state index in [4.69, 9.17) is 16.3 Å². The SMILES string of the molecule is C[C@H](OCc1ccccc1)[C@@H](CCc1ccccc1Cl)NC(=O)c1c[nH]cn1. The summed E-state index contributed by atoms with van der Waals surface area (Å²) >= 11 is 6.28. The van der Waals surface area contributed by atoms with E-state index in [-0.39, 0.29) is 18.1 Å². The minimum absolute atomic E-state index is 0.175. The van der Waals surface area contributed by atoms with E-state index in [9.17, 15) is 4.79 Å². The summed E-state index contributed by atoms with van der Waals surface area (Å²) in [6.07, 6.45) is 4.34. The number of carbonyl (C=O) groups is 1. The molecule has 2 atom stereocenters. The Balaban J connectivity index is 1.65. The van der Waals surface area contributed by atoms with Crippen LogP contribution in [-0.4, -0.2) is 28.0 Å². The van der Waals surface area contributed by atoms with Crippen molar-refractivity contribution < 1.29 is 9.53 Å². The van der Waals surface area contributed by atoms with Crippen LogP contribution in [0.5, 0.6) is 0 Å². The summed E-state index contributed by atoms with van der Waals surface area (Å²) in [5.74, 6) is -0.222. The Hall–Kier alpha value is -2.63. The second kappa shape index (κ2) is 10.1. The quantitative estimate of drug-likeness (QED) is 0.562. The number of carbonyl (C=O) groups excluding carboxylic acids is 1. The Bertz CT molecular complexity index is 869. The molecule has 0 aliphatic carbocycles. The Morgan fingerprint density at radius 2 is 1.93 bits per heavy atom. The second-order valence-corrected chi connectivity index (χ2v) is 7.07. The monoisotopic (exact) mass is 397 g/mol. The number of nitrogens with zero attached hydrogens (tertiary/aromatic N) is 1. The Kier molecular flexibility index (Phi) is 7.23. The maximum atomic E-state index is 12.5. The summed E-state index contributed by atoms with van der Waals surface area (Å²) in [5, 5.41) is 3.79. The summed E-state index contributed by atoms with van der Waals surface area (Å²) in [7, 11) is 0. The zero-order valence-electron chi connectivity index (χ0n) is 15.8. The fraction of sp³-hybridized carbons (Fsp3) is 0.273. The first-order valence-electron chi connectivity index (χ1n) is 9.32. The second-order valence-electron chi connectivity index (χ2n) is 6.67. The molecule has 3 aromatic rings. The highest BCUT2D eigenvalue weighted by atomic mass is 35.5. The van der Waals surface area contributed by atoms with E-state index in [1.165, 1.54) is 6.33 Å². The number of rotatable bonds is 9. The number of amides is 1. The summed E-state index contributed by atoms with van der Waals surface area (Å²) in [5.41, 5.74) is 2.51. The van der Waals surface area contributed by atoms with E-state index in [2.05, 4.69) is 15.3 Å². The van der Waals surface area contributed by atoms with Crippen molar-refractivity contribution in [1.82, 2.24) is 15.3 Å². The highest BCUT2D eigenvalue weighted by molar-refractivity contribution is 6.31. The maximum absolute atomic E-state index is 12.5. The summed E-state index contributed by atoms with van der Waals surface area (Å²) in [6, 6.07) is 17.6. The largest absolute Gasteiger partial charge is 0.372 e. The Morgan fingerprint density at radius 3 is 2.64 bits per heavy atom. The number of hydrogen-bond acceptors (Lipinski definition) is 3. The molecular weight excluding hydrogens is 374 g/mol. The van der Waals surface area contributed by atoms with Gasteiger partial charge in [-0.15, -0.1) is 0 Å². The molecule has 0 aliphatic rings. The molecule has 0 aliphatic heterocycles. The maximum Gasteiger partial charge on any atom is 0.271 e. The molecule has 146 valence electrons. The zero-order chi connectivity index (χ0) is 19.8. The highest BCUT2D eigenvalue weighted by Crippen LogP contribution is 2.19. The van der Waals surface area contributed by atoms with Crippen molar-refractivity contribution in [3.8, 4) is 0 Å². The van der Waals surface area contributed by atoms with Gasteiger partial charge >= 0.3 is 0 Å². The normalized spacial score (nSPS) is 13.1. The molecule has 0 bridgehead atoms. The van der Waals surface area contributed by atoms with Crippen molar-refractivity contribution in [2.24, 2.45) is 0 Å². The third-order valence-electron chi connectivity index (χ3n) is 4.65. The molecule has 2 N–H and O–H groups in total. The highest BCUT2D eigenvalue weighted by Gasteiger charge is 2.22. The molecule has 0 unspecified atom stereocenters. The summed E-state index contributed by atoms with van der Waals surface area (Å²) in [4.78, 5) is 19.3. The number of nitrogens with one attached hydrogen (secondary N) is 2. The third-order valence-corrected chi connectivity index (χ3v) is 5.02. The molecule has 1 aromatic heterocycles. The first kappa shape index (κ1) is 20.1. The molecule has 5 nitrogen and oxygen atoms in total. The van der Waals surface area contributed by atoms with Crippen LogP contribution in [0.1, 0.15) is 35.0 Å². The number of aromatic nitrogens is 2. The number of H-pyrrole nitrogens is 1. The average Bonchev–Trinajstić information content (AvgIpc) is 3.26.